The normalized spacial score (nSPS) is 21.3. The monoisotopic (exact) mass is 351 g/mol. The number of pyridine rings is 1. The molecule has 2 fully saturated rings. The topological polar surface area (TPSA) is 62.3 Å². The van der Waals surface area contributed by atoms with E-state index in [9.17, 15) is 9.59 Å². The van der Waals surface area contributed by atoms with Gasteiger partial charge in [0.15, 0.2) is 0 Å². The van der Waals surface area contributed by atoms with Gasteiger partial charge in [0.25, 0.3) is 5.91 Å². The summed E-state index contributed by atoms with van der Waals surface area (Å²) in [5, 5.41) is 4.86. The zero-order chi connectivity index (χ0) is 17.9. The molecular formula is C21H25N3O2. The molecule has 2 amide bonds. The van der Waals surface area contributed by atoms with Gasteiger partial charge in [-0.2, -0.15) is 0 Å². The van der Waals surface area contributed by atoms with Crippen LogP contribution in [-0.4, -0.2) is 40.8 Å². The minimum absolute atomic E-state index is 0.126. The first-order valence-electron chi connectivity index (χ1n) is 9.63. The number of rotatable bonds is 4. The minimum Gasteiger partial charge on any atom is -0.346 e. The number of nitrogens with zero attached hydrogens (tertiary/aromatic N) is 2. The Morgan fingerprint density at radius 2 is 1.96 bits per heavy atom. The van der Waals surface area contributed by atoms with Crippen molar-refractivity contribution in [3.05, 3.63) is 42.2 Å². The first-order valence-corrected chi connectivity index (χ1v) is 9.63. The average Bonchev–Trinajstić information content (AvgIpc) is 3.01. The van der Waals surface area contributed by atoms with Gasteiger partial charge >= 0.3 is 0 Å². The molecule has 26 heavy (non-hydrogen) atoms. The van der Waals surface area contributed by atoms with E-state index >= 15 is 0 Å². The van der Waals surface area contributed by atoms with E-state index in [0.29, 0.717) is 24.6 Å². The summed E-state index contributed by atoms with van der Waals surface area (Å²) in [6, 6.07) is 9.51. The van der Waals surface area contributed by atoms with Gasteiger partial charge in [0, 0.05) is 31.1 Å². The third-order valence-electron chi connectivity index (χ3n) is 5.64. The lowest BCUT2D eigenvalue weighted by Gasteiger charge is -2.27. The highest BCUT2D eigenvalue weighted by Gasteiger charge is 2.32. The SMILES string of the molecule is O=C(N[C@@H]1CC(=O)N(CC2CCCCC2)C1)c1nccc2ccccc12. The van der Waals surface area contributed by atoms with Crippen molar-refractivity contribution in [2.24, 2.45) is 5.92 Å². The fourth-order valence-corrected chi connectivity index (χ4v) is 4.28. The molecule has 4 rings (SSSR count). The summed E-state index contributed by atoms with van der Waals surface area (Å²) in [5.41, 5.74) is 0.432. The van der Waals surface area contributed by atoms with Crippen molar-refractivity contribution in [1.29, 1.82) is 0 Å². The molecule has 1 saturated carbocycles. The van der Waals surface area contributed by atoms with E-state index in [0.717, 1.165) is 17.3 Å². The average molecular weight is 351 g/mol. The highest BCUT2D eigenvalue weighted by Crippen LogP contribution is 2.26. The quantitative estimate of drug-likeness (QED) is 0.920. The Kier molecular flexibility index (Phi) is 4.87. The van der Waals surface area contributed by atoms with E-state index in [1.54, 1.807) is 6.20 Å². The standard InChI is InChI=1S/C21H25N3O2/c25-19-12-17(14-24(19)13-15-6-2-1-3-7-15)23-21(26)20-18-9-5-4-8-16(18)10-11-22-20/h4-5,8-11,15,17H,1-3,6-7,12-14H2,(H,23,26)/t17-/m1/s1. The third-order valence-corrected chi connectivity index (χ3v) is 5.64. The second-order valence-corrected chi connectivity index (χ2v) is 7.56. The van der Waals surface area contributed by atoms with E-state index in [1.165, 1.54) is 32.1 Å². The van der Waals surface area contributed by atoms with Gasteiger partial charge in [-0.05, 0) is 30.2 Å². The number of fused-ring (bicyclic) bond motifs is 1. The number of carbonyl (C=O) groups is 2. The number of aromatic nitrogens is 1. The van der Waals surface area contributed by atoms with E-state index in [2.05, 4.69) is 10.3 Å². The van der Waals surface area contributed by atoms with Crippen LogP contribution in [0.3, 0.4) is 0 Å². The largest absolute Gasteiger partial charge is 0.346 e. The predicted molar refractivity (Wildman–Crippen MR) is 101 cm³/mol. The second kappa shape index (κ2) is 7.44. The van der Waals surface area contributed by atoms with Crippen LogP contribution in [-0.2, 0) is 4.79 Å². The van der Waals surface area contributed by atoms with Crippen LogP contribution in [0.4, 0.5) is 0 Å². The van der Waals surface area contributed by atoms with E-state index in [1.807, 2.05) is 35.2 Å². The van der Waals surface area contributed by atoms with Crippen molar-refractivity contribution in [3.63, 3.8) is 0 Å². The molecule has 1 N–H and O–H groups in total. The maximum atomic E-state index is 12.7. The summed E-state index contributed by atoms with van der Waals surface area (Å²) < 4.78 is 0. The fourth-order valence-electron chi connectivity index (χ4n) is 4.28. The van der Waals surface area contributed by atoms with Crippen LogP contribution in [0.25, 0.3) is 10.8 Å². The van der Waals surface area contributed by atoms with Gasteiger partial charge in [-0.1, -0.05) is 43.5 Å². The highest BCUT2D eigenvalue weighted by molar-refractivity contribution is 6.05. The van der Waals surface area contributed by atoms with Gasteiger partial charge in [0.1, 0.15) is 5.69 Å². The molecule has 0 spiro atoms. The lowest BCUT2D eigenvalue weighted by atomic mass is 9.89. The van der Waals surface area contributed by atoms with Crippen LogP contribution < -0.4 is 5.32 Å². The predicted octanol–water partition coefficient (Wildman–Crippen LogP) is 3.15. The van der Waals surface area contributed by atoms with E-state index < -0.39 is 0 Å². The fraction of sp³-hybridized carbons (Fsp3) is 0.476. The summed E-state index contributed by atoms with van der Waals surface area (Å²) in [5.74, 6) is 0.591. The molecule has 5 nitrogen and oxygen atoms in total. The zero-order valence-electron chi connectivity index (χ0n) is 15.0. The number of carbonyl (C=O) groups excluding carboxylic acids is 2. The number of benzene rings is 1. The molecule has 1 aromatic carbocycles. The van der Waals surface area contributed by atoms with Crippen molar-refractivity contribution in [2.75, 3.05) is 13.1 Å². The molecule has 136 valence electrons. The summed E-state index contributed by atoms with van der Waals surface area (Å²) in [6.07, 6.45) is 8.37. The molecule has 2 aromatic rings. The molecule has 0 bridgehead atoms. The maximum absolute atomic E-state index is 12.7. The van der Waals surface area contributed by atoms with Crippen LogP contribution >= 0.6 is 0 Å². The van der Waals surface area contributed by atoms with E-state index in [4.69, 9.17) is 0 Å². The number of amides is 2. The van der Waals surface area contributed by atoms with Gasteiger partial charge in [-0.25, -0.2) is 0 Å². The van der Waals surface area contributed by atoms with Crippen molar-refractivity contribution in [1.82, 2.24) is 15.2 Å². The first-order chi connectivity index (χ1) is 12.7. The molecule has 1 aliphatic heterocycles. The molecule has 5 heteroatoms. The molecule has 2 heterocycles. The second-order valence-electron chi connectivity index (χ2n) is 7.56. The molecule has 1 aromatic heterocycles. The van der Waals surface area contributed by atoms with Crippen LogP contribution in [0.2, 0.25) is 0 Å². The van der Waals surface area contributed by atoms with Crippen molar-refractivity contribution < 1.29 is 9.59 Å². The Hall–Kier alpha value is -2.43. The number of nitrogens with one attached hydrogen (secondary N) is 1. The lowest BCUT2D eigenvalue weighted by Crippen LogP contribution is -2.38. The Labute approximate surface area is 153 Å². The Morgan fingerprint density at radius 1 is 1.15 bits per heavy atom. The Morgan fingerprint density at radius 3 is 2.81 bits per heavy atom. The van der Waals surface area contributed by atoms with Crippen LogP contribution in [0.15, 0.2) is 36.5 Å². The lowest BCUT2D eigenvalue weighted by molar-refractivity contribution is -0.128. The van der Waals surface area contributed by atoms with Gasteiger partial charge in [0.2, 0.25) is 5.91 Å². The first kappa shape index (κ1) is 17.0. The number of likely N-dealkylation sites (tertiary alicyclic amines) is 1. The molecule has 2 aliphatic rings. The van der Waals surface area contributed by atoms with Crippen LogP contribution in [0, 0.1) is 5.92 Å². The molecule has 1 aliphatic carbocycles. The van der Waals surface area contributed by atoms with Crippen LogP contribution in [0.1, 0.15) is 49.0 Å². The van der Waals surface area contributed by atoms with Gasteiger partial charge in [0.05, 0.1) is 6.04 Å². The van der Waals surface area contributed by atoms with Gasteiger partial charge in [-0.15, -0.1) is 0 Å². The van der Waals surface area contributed by atoms with Crippen molar-refractivity contribution >= 4 is 22.6 Å². The summed E-state index contributed by atoms with van der Waals surface area (Å²) in [4.78, 5) is 31.3. The third kappa shape index (κ3) is 3.57. The molecule has 0 unspecified atom stereocenters. The molecule has 1 saturated heterocycles. The summed E-state index contributed by atoms with van der Waals surface area (Å²) in [6.45, 7) is 1.46. The smallest absolute Gasteiger partial charge is 0.270 e. The molecular weight excluding hydrogens is 326 g/mol. The highest BCUT2D eigenvalue weighted by atomic mass is 16.2. The molecule has 1 atom stereocenters. The van der Waals surface area contributed by atoms with E-state index in [-0.39, 0.29) is 17.9 Å². The van der Waals surface area contributed by atoms with Crippen molar-refractivity contribution in [3.8, 4) is 0 Å². The summed E-state index contributed by atoms with van der Waals surface area (Å²) >= 11 is 0. The number of hydrogen-bond donors (Lipinski definition) is 1. The molecule has 0 radical (unpaired) electrons. The minimum atomic E-state index is -0.195. The Balaban J connectivity index is 1.41. The Bertz CT molecular complexity index is 809. The number of hydrogen-bond acceptors (Lipinski definition) is 3. The van der Waals surface area contributed by atoms with Gasteiger partial charge < -0.3 is 10.2 Å². The van der Waals surface area contributed by atoms with Gasteiger partial charge in [-0.3, -0.25) is 14.6 Å². The van der Waals surface area contributed by atoms with Crippen molar-refractivity contribution in [2.45, 2.75) is 44.6 Å². The summed E-state index contributed by atoms with van der Waals surface area (Å²) in [7, 11) is 0. The zero-order valence-corrected chi connectivity index (χ0v) is 15.0. The van der Waals surface area contributed by atoms with Crippen LogP contribution in [0.5, 0.6) is 0 Å². The maximum Gasteiger partial charge on any atom is 0.270 e.